The molecule has 0 aliphatic heterocycles. The van der Waals surface area contributed by atoms with Gasteiger partial charge in [-0.2, -0.15) is 5.10 Å². The van der Waals surface area contributed by atoms with Crippen LogP contribution in [0.1, 0.15) is 30.1 Å². The Balaban J connectivity index is 2.40. The van der Waals surface area contributed by atoms with E-state index in [9.17, 15) is 9.18 Å². The lowest BCUT2D eigenvalue weighted by Crippen LogP contribution is -1.98. The molecule has 1 aromatic carbocycles. The van der Waals surface area contributed by atoms with Crippen molar-refractivity contribution in [3.05, 3.63) is 41.8 Å². The molecule has 0 atom stereocenters. The second kappa shape index (κ2) is 5.58. The number of aromatic nitrogens is 2. The molecule has 2 rings (SSSR count). The van der Waals surface area contributed by atoms with Crippen LogP contribution in [-0.4, -0.2) is 16.1 Å². The molecule has 2 aromatic rings. The number of hydrogen-bond acceptors (Lipinski definition) is 2. The van der Waals surface area contributed by atoms with Gasteiger partial charge in [0.15, 0.2) is 6.29 Å². The third-order valence-electron chi connectivity index (χ3n) is 2.79. The first-order valence-corrected chi connectivity index (χ1v) is 6.03. The summed E-state index contributed by atoms with van der Waals surface area (Å²) >= 11 is 0. The molecule has 0 radical (unpaired) electrons. The smallest absolute Gasteiger partial charge is 0.153 e. The van der Waals surface area contributed by atoms with Crippen molar-refractivity contribution in [3.63, 3.8) is 0 Å². The number of aldehydes is 1. The molecule has 0 bridgehead atoms. The normalized spacial score (nSPS) is 10.6. The molecule has 0 N–H and O–H groups in total. The van der Waals surface area contributed by atoms with Gasteiger partial charge in [-0.05, 0) is 18.6 Å². The first-order chi connectivity index (χ1) is 8.76. The van der Waals surface area contributed by atoms with Gasteiger partial charge in [0, 0.05) is 18.3 Å². The van der Waals surface area contributed by atoms with Crippen molar-refractivity contribution in [2.75, 3.05) is 0 Å². The zero-order valence-electron chi connectivity index (χ0n) is 10.3. The minimum Gasteiger partial charge on any atom is -0.298 e. The fraction of sp³-hybridized carbons (Fsp3) is 0.286. The van der Waals surface area contributed by atoms with E-state index in [1.807, 2.05) is 0 Å². The summed E-state index contributed by atoms with van der Waals surface area (Å²) in [5, 5.41) is 4.30. The standard InChI is InChI=1S/C14H15FN2O/c1-2-3-8-17-9-11(10-18)14(16-17)12-6-4-5-7-13(12)15/h4-7,9-10H,2-3,8H2,1H3. The van der Waals surface area contributed by atoms with E-state index in [1.165, 1.54) is 6.07 Å². The van der Waals surface area contributed by atoms with E-state index in [-0.39, 0.29) is 5.82 Å². The zero-order chi connectivity index (χ0) is 13.0. The lowest BCUT2D eigenvalue weighted by Gasteiger charge is -2.00. The van der Waals surface area contributed by atoms with E-state index in [2.05, 4.69) is 12.0 Å². The van der Waals surface area contributed by atoms with Crippen LogP contribution in [0.15, 0.2) is 30.5 Å². The van der Waals surface area contributed by atoms with Gasteiger partial charge in [0.2, 0.25) is 0 Å². The van der Waals surface area contributed by atoms with Crippen LogP contribution in [-0.2, 0) is 6.54 Å². The maximum Gasteiger partial charge on any atom is 0.153 e. The van der Waals surface area contributed by atoms with E-state index >= 15 is 0 Å². The SMILES string of the molecule is CCCCn1cc(C=O)c(-c2ccccc2F)n1. The number of rotatable bonds is 5. The molecule has 0 amide bonds. The molecule has 0 saturated heterocycles. The lowest BCUT2D eigenvalue weighted by atomic mass is 10.1. The fourth-order valence-corrected chi connectivity index (χ4v) is 1.82. The van der Waals surface area contributed by atoms with Gasteiger partial charge in [-0.3, -0.25) is 9.48 Å². The summed E-state index contributed by atoms with van der Waals surface area (Å²) in [6.45, 7) is 2.83. The van der Waals surface area contributed by atoms with Crippen molar-refractivity contribution >= 4 is 6.29 Å². The van der Waals surface area contributed by atoms with Crippen molar-refractivity contribution < 1.29 is 9.18 Å². The Kier molecular flexibility index (Phi) is 3.87. The van der Waals surface area contributed by atoms with E-state index in [0.717, 1.165) is 25.7 Å². The predicted octanol–water partition coefficient (Wildman–Crippen LogP) is 3.30. The van der Waals surface area contributed by atoms with Gasteiger partial charge < -0.3 is 0 Å². The van der Waals surface area contributed by atoms with Crippen molar-refractivity contribution in [2.24, 2.45) is 0 Å². The van der Waals surface area contributed by atoms with E-state index < -0.39 is 0 Å². The number of unbranched alkanes of at least 4 members (excludes halogenated alkanes) is 1. The van der Waals surface area contributed by atoms with Crippen molar-refractivity contribution in [3.8, 4) is 11.3 Å². The van der Waals surface area contributed by atoms with Crippen LogP contribution in [0.4, 0.5) is 4.39 Å². The highest BCUT2D eigenvalue weighted by Gasteiger charge is 2.13. The van der Waals surface area contributed by atoms with Crippen molar-refractivity contribution in [1.82, 2.24) is 9.78 Å². The van der Waals surface area contributed by atoms with Gasteiger partial charge >= 0.3 is 0 Å². The van der Waals surface area contributed by atoms with Gasteiger partial charge in [0.05, 0.1) is 5.56 Å². The summed E-state index contributed by atoms with van der Waals surface area (Å²) < 4.78 is 15.4. The lowest BCUT2D eigenvalue weighted by molar-refractivity contribution is 0.112. The number of benzene rings is 1. The Labute approximate surface area is 105 Å². The molecule has 94 valence electrons. The van der Waals surface area contributed by atoms with Crippen LogP contribution in [0.25, 0.3) is 11.3 Å². The number of hydrogen-bond donors (Lipinski definition) is 0. The highest BCUT2D eigenvalue weighted by atomic mass is 19.1. The number of nitrogens with zero attached hydrogens (tertiary/aromatic N) is 2. The summed E-state index contributed by atoms with van der Waals surface area (Å²) in [5.74, 6) is -0.360. The average Bonchev–Trinajstić information content (AvgIpc) is 2.80. The molecule has 0 aliphatic carbocycles. The van der Waals surface area contributed by atoms with Crippen LogP contribution < -0.4 is 0 Å². The van der Waals surface area contributed by atoms with E-state index in [4.69, 9.17) is 0 Å². The molecule has 1 heterocycles. The van der Waals surface area contributed by atoms with Crippen LogP contribution >= 0.6 is 0 Å². The molecular weight excluding hydrogens is 231 g/mol. The predicted molar refractivity (Wildman–Crippen MR) is 67.9 cm³/mol. The van der Waals surface area contributed by atoms with E-state index in [0.29, 0.717) is 16.8 Å². The Morgan fingerprint density at radius 2 is 2.17 bits per heavy atom. The second-order valence-corrected chi connectivity index (χ2v) is 4.15. The third-order valence-corrected chi connectivity index (χ3v) is 2.79. The second-order valence-electron chi connectivity index (χ2n) is 4.15. The van der Waals surface area contributed by atoms with Crippen LogP contribution in [0.5, 0.6) is 0 Å². The van der Waals surface area contributed by atoms with E-state index in [1.54, 1.807) is 29.1 Å². The molecule has 18 heavy (non-hydrogen) atoms. The molecule has 0 spiro atoms. The summed E-state index contributed by atoms with van der Waals surface area (Å²) in [6.07, 6.45) is 4.42. The Morgan fingerprint density at radius 1 is 1.39 bits per heavy atom. The summed E-state index contributed by atoms with van der Waals surface area (Å²) in [5.41, 5.74) is 1.21. The fourth-order valence-electron chi connectivity index (χ4n) is 1.82. The first-order valence-electron chi connectivity index (χ1n) is 6.03. The Morgan fingerprint density at radius 3 is 2.83 bits per heavy atom. The number of carbonyl (C=O) groups is 1. The van der Waals surface area contributed by atoms with Gasteiger partial charge in [-0.25, -0.2) is 4.39 Å². The zero-order valence-corrected chi connectivity index (χ0v) is 10.3. The Bertz CT molecular complexity index is 548. The third kappa shape index (κ3) is 2.47. The first kappa shape index (κ1) is 12.5. The molecule has 0 fully saturated rings. The molecule has 1 aromatic heterocycles. The number of aryl methyl sites for hydroxylation is 1. The number of halogens is 1. The molecule has 0 saturated carbocycles. The highest BCUT2D eigenvalue weighted by molar-refractivity contribution is 5.85. The van der Waals surface area contributed by atoms with Crippen LogP contribution in [0.3, 0.4) is 0 Å². The summed E-state index contributed by atoms with van der Waals surface area (Å²) in [7, 11) is 0. The van der Waals surface area contributed by atoms with Gasteiger partial charge in [-0.15, -0.1) is 0 Å². The summed E-state index contributed by atoms with van der Waals surface area (Å²) in [6, 6.07) is 6.36. The van der Waals surface area contributed by atoms with Gasteiger partial charge in [0.1, 0.15) is 11.5 Å². The van der Waals surface area contributed by atoms with Gasteiger partial charge in [-0.1, -0.05) is 25.5 Å². The maximum atomic E-state index is 13.7. The minimum absolute atomic E-state index is 0.360. The van der Waals surface area contributed by atoms with Crippen LogP contribution in [0, 0.1) is 5.82 Å². The minimum atomic E-state index is -0.360. The van der Waals surface area contributed by atoms with Gasteiger partial charge in [0.25, 0.3) is 0 Å². The quantitative estimate of drug-likeness (QED) is 0.759. The largest absolute Gasteiger partial charge is 0.298 e. The molecular formula is C14H15FN2O. The molecule has 3 nitrogen and oxygen atoms in total. The topological polar surface area (TPSA) is 34.9 Å². The maximum absolute atomic E-state index is 13.7. The van der Waals surface area contributed by atoms with Crippen molar-refractivity contribution in [2.45, 2.75) is 26.3 Å². The Hall–Kier alpha value is -1.97. The molecule has 0 aliphatic rings. The summed E-state index contributed by atoms with van der Waals surface area (Å²) in [4.78, 5) is 11.0. The molecule has 0 unspecified atom stereocenters. The monoisotopic (exact) mass is 246 g/mol. The van der Waals surface area contributed by atoms with Crippen molar-refractivity contribution in [1.29, 1.82) is 0 Å². The number of carbonyl (C=O) groups excluding carboxylic acids is 1. The molecule has 4 heteroatoms. The average molecular weight is 246 g/mol. The highest BCUT2D eigenvalue weighted by Crippen LogP contribution is 2.23. The van der Waals surface area contributed by atoms with Crippen LogP contribution in [0.2, 0.25) is 0 Å².